The molecule has 0 aliphatic heterocycles. The highest BCUT2D eigenvalue weighted by atomic mass is 35.5. The van der Waals surface area contributed by atoms with Crippen molar-refractivity contribution in [3.05, 3.63) is 0 Å². The molecular formula is C4H3ClF6O2. The third kappa shape index (κ3) is 9.71. The Kier molecular flexibility index (Phi) is 4.27. The summed E-state index contributed by atoms with van der Waals surface area (Å²) in [5.74, 6) is 0. The molecule has 0 N–H and O–H groups in total. The molecule has 80 valence electrons. The molecule has 13 heavy (non-hydrogen) atoms. The lowest BCUT2D eigenvalue weighted by atomic mass is 10.7. The van der Waals surface area contributed by atoms with Gasteiger partial charge in [-0.2, -0.15) is 0 Å². The van der Waals surface area contributed by atoms with Crippen molar-refractivity contribution < 1.29 is 35.8 Å². The van der Waals surface area contributed by atoms with E-state index in [4.69, 9.17) is 11.6 Å². The molecule has 0 aliphatic carbocycles. The Hall–Kier alpha value is -0.210. The van der Waals surface area contributed by atoms with E-state index in [1.165, 1.54) is 0 Å². The zero-order valence-corrected chi connectivity index (χ0v) is 6.50. The number of alkyl halides is 7. The van der Waals surface area contributed by atoms with Gasteiger partial charge in [0.1, 0.15) is 0 Å². The highest BCUT2D eigenvalue weighted by molar-refractivity contribution is 6.19. The molecule has 1 unspecified atom stereocenters. The maximum absolute atomic E-state index is 11.3. The van der Waals surface area contributed by atoms with Crippen LogP contribution in [0.2, 0.25) is 0 Å². The SMILES string of the molecule is FC(F)(F)OCC(Cl)OC(F)(F)F. The monoisotopic (exact) mass is 232 g/mol. The van der Waals surface area contributed by atoms with E-state index in [2.05, 4.69) is 9.47 Å². The first-order valence-corrected chi connectivity index (χ1v) is 3.13. The zero-order valence-electron chi connectivity index (χ0n) is 5.75. The second-order valence-electron chi connectivity index (χ2n) is 1.73. The predicted molar refractivity (Wildman–Crippen MR) is 28.8 cm³/mol. The number of ether oxygens (including phenoxy) is 2. The normalized spacial score (nSPS) is 15.9. The van der Waals surface area contributed by atoms with E-state index >= 15 is 0 Å². The van der Waals surface area contributed by atoms with Crippen LogP contribution in [0.15, 0.2) is 0 Å². The van der Waals surface area contributed by atoms with E-state index in [-0.39, 0.29) is 0 Å². The largest absolute Gasteiger partial charge is 0.524 e. The standard InChI is InChI=1S/C4H3ClF6O2/c5-2(13-4(9,10)11)1-12-3(6,7)8/h2H,1H2. The van der Waals surface area contributed by atoms with Crippen LogP contribution in [0.4, 0.5) is 26.3 Å². The summed E-state index contributed by atoms with van der Waals surface area (Å²) in [6, 6.07) is 0. The van der Waals surface area contributed by atoms with Gasteiger partial charge in [0, 0.05) is 0 Å². The zero-order chi connectivity index (χ0) is 10.7. The molecule has 0 aromatic heterocycles. The van der Waals surface area contributed by atoms with Crippen LogP contribution in [0.25, 0.3) is 0 Å². The van der Waals surface area contributed by atoms with Crippen LogP contribution in [0, 0.1) is 0 Å². The second kappa shape index (κ2) is 4.34. The Morgan fingerprint density at radius 2 is 1.46 bits per heavy atom. The van der Waals surface area contributed by atoms with E-state index in [9.17, 15) is 26.3 Å². The van der Waals surface area contributed by atoms with E-state index in [0.29, 0.717) is 0 Å². The molecule has 2 nitrogen and oxygen atoms in total. The quantitative estimate of drug-likeness (QED) is 0.550. The molecule has 0 rings (SSSR count). The molecule has 0 aromatic rings. The van der Waals surface area contributed by atoms with Crippen LogP contribution in [-0.2, 0) is 9.47 Å². The van der Waals surface area contributed by atoms with Gasteiger partial charge in [-0.3, -0.25) is 9.47 Å². The summed E-state index contributed by atoms with van der Waals surface area (Å²) in [6.45, 7) is -1.43. The predicted octanol–water partition coefficient (Wildman–Crippen LogP) is 2.62. The van der Waals surface area contributed by atoms with Crippen molar-refractivity contribution >= 4 is 11.6 Å². The van der Waals surface area contributed by atoms with Crippen molar-refractivity contribution in [1.82, 2.24) is 0 Å². The third-order valence-electron chi connectivity index (χ3n) is 0.640. The summed E-state index contributed by atoms with van der Waals surface area (Å²) in [5.41, 5.74) is -2.22. The molecule has 0 heterocycles. The van der Waals surface area contributed by atoms with Gasteiger partial charge in [-0.05, 0) is 0 Å². The first-order chi connectivity index (χ1) is 5.60. The van der Waals surface area contributed by atoms with Crippen molar-refractivity contribution in [2.75, 3.05) is 6.61 Å². The minimum absolute atomic E-state index is 1.43. The van der Waals surface area contributed by atoms with E-state index < -0.39 is 24.9 Å². The average Bonchev–Trinajstić information content (AvgIpc) is 1.78. The smallest absolute Gasteiger partial charge is 0.288 e. The summed E-state index contributed by atoms with van der Waals surface area (Å²) in [7, 11) is 0. The highest BCUT2D eigenvalue weighted by Gasteiger charge is 2.36. The lowest BCUT2D eigenvalue weighted by molar-refractivity contribution is -0.361. The molecule has 0 spiro atoms. The fraction of sp³-hybridized carbons (Fsp3) is 1.00. The first-order valence-electron chi connectivity index (χ1n) is 2.69. The molecule has 9 heteroatoms. The summed E-state index contributed by atoms with van der Waals surface area (Å²) < 4.78 is 73.5. The van der Waals surface area contributed by atoms with E-state index in [1.54, 1.807) is 0 Å². The van der Waals surface area contributed by atoms with Crippen LogP contribution in [-0.4, -0.2) is 24.9 Å². The van der Waals surface area contributed by atoms with Crippen LogP contribution < -0.4 is 0 Å². The molecule has 0 radical (unpaired) electrons. The van der Waals surface area contributed by atoms with Crippen molar-refractivity contribution in [1.29, 1.82) is 0 Å². The number of hydrogen-bond donors (Lipinski definition) is 0. The Morgan fingerprint density at radius 1 is 1.00 bits per heavy atom. The molecule has 0 saturated carbocycles. The summed E-state index contributed by atoms with van der Waals surface area (Å²) in [4.78, 5) is 0. The van der Waals surface area contributed by atoms with Gasteiger partial charge in [-0.25, -0.2) is 0 Å². The lowest BCUT2D eigenvalue weighted by Gasteiger charge is -2.14. The molecule has 0 fully saturated rings. The van der Waals surface area contributed by atoms with E-state index in [0.717, 1.165) is 0 Å². The number of rotatable bonds is 3. The Labute approximate surface area is 73.4 Å². The van der Waals surface area contributed by atoms with Crippen molar-refractivity contribution in [3.63, 3.8) is 0 Å². The molecule has 0 amide bonds. The maximum atomic E-state index is 11.3. The van der Waals surface area contributed by atoms with Gasteiger partial charge in [-0.1, -0.05) is 11.6 Å². The van der Waals surface area contributed by atoms with Gasteiger partial charge in [0.2, 0.25) is 0 Å². The van der Waals surface area contributed by atoms with Gasteiger partial charge in [0.05, 0.1) is 6.61 Å². The third-order valence-corrected chi connectivity index (χ3v) is 0.855. The Morgan fingerprint density at radius 3 is 1.77 bits per heavy atom. The van der Waals surface area contributed by atoms with Gasteiger partial charge in [0.25, 0.3) is 0 Å². The lowest BCUT2D eigenvalue weighted by Crippen LogP contribution is -2.26. The van der Waals surface area contributed by atoms with Gasteiger partial charge < -0.3 is 0 Å². The fourth-order valence-electron chi connectivity index (χ4n) is 0.339. The second-order valence-corrected chi connectivity index (χ2v) is 2.22. The van der Waals surface area contributed by atoms with Gasteiger partial charge in [-0.15, -0.1) is 26.3 Å². The minimum Gasteiger partial charge on any atom is -0.288 e. The fourth-order valence-corrected chi connectivity index (χ4v) is 0.503. The van der Waals surface area contributed by atoms with Crippen LogP contribution >= 0.6 is 11.6 Å². The summed E-state index contributed by atoms with van der Waals surface area (Å²) in [6.07, 6.45) is -10.1. The highest BCUT2D eigenvalue weighted by Crippen LogP contribution is 2.23. The van der Waals surface area contributed by atoms with E-state index in [1.807, 2.05) is 0 Å². The first kappa shape index (κ1) is 12.8. The van der Waals surface area contributed by atoms with Crippen LogP contribution in [0.1, 0.15) is 0 Å². The molecule has 0 aliphatic rings. The van der Waals surface area contributed by atoms with Gasteiger partial charge in [0.15, 0.2) is 5.56 Å². The molecule has 0 aromatic carbocycles. The number of halogens is 7. The van der Waals surface area contributed by atoms with Crippen LogP contribution in [0.3, 0.4) is 0 Å². The maximum Gasteiger partial charge on any atom is 0.524 e. The summed E-state index contributed by atoms with van der Waals surface area (Å²) in [5, 5.41) is 0. The molecule has 0 bridgehead atoms. The Bertz CT molecular complexity index is 154. The molecular weight excluding hydrogens is 229 g/mol. The molecule has 0 saturated heterocycles. The minimum atomic E-state index is -5.08. The van der Waals surface area contributed by atoms with Gasteiger partial charge >= 0.3 is 12.7 Å². The topological polar surface area (TPSA) is 18.5 Å². The van der Waals surface area contributed by atoms with Crippen molar-refractivity contribution in [3.8, 4) is 0 Å². The average molecular weight is 233 g/mol. The Balaban J connectivity index is 3.70. The van der Waals surface area contributed by atoms with Crippen molar-refractivity contribution in [2.24, 2.45) is 0 Å². The number of hydrogen-bond acceptors (Lipinski definition) is 2. The van der Waals surface area contributed by atoms with Crippen molar-refractivity contribution in [2.45, 2.75) is 18.3 Å². The van der Waals surface area contributed by atoms with Crippen LogP contribution in [0.5, 0.6) is 0 Å². The summed E-state index contributed by atoms with van der Waals surface area (Å²) >= 11 is 4.70. The molecule has 1 atom stereocenters.